The van der Waals surface area contributed by atoms with Crippen molar-refractivity contribution in [2.24, 2.45) is 0 Å². The first-order valence-corrected chi connectivity index (χ1v) is 5.84. The Kier molecular flexibility index (Phi) is 3.69. The van der Waals surface area contributed by atoms with Crippen LogP contribution < -0.4 is 5.32 Å². The van der Waals surface area contributed by atoms with E-state index in [-0.39, 0.29) is 6.04 Å². The van der Waals surface area contributed by atoms with E-state index < -0.39 is 17.7 Å². The number of ether oxygens (including phenoxy) is 2. The molecule has 1 aromatic rings. The Labute approximate surface area is 108 Å². The molecule has 1 N–H and O–H groups in total. The van der Waals surface area contributed by atoms with Crippen molar-refractivity contribution in [3.63, 3.8) is 0 Å². The predicted molar refractivity (Wildman–Crippen MR) is 62.6 cm³/mol. The van der Waals surface area contributed by atoms with E-state index in [0.29, 0.717) is 18.9 Å². The van der Waals surface area contributed by atoms with Crippen molar-refractivity contribution in [3.8, 4) is 0 Å². The van der Waals surface area contributed by atoms with Crippen LogP contribution in [0.1, 0.15) is 19.5 Å². The number of hydrogen-bond acceptors (Lipinski definition) is 4. The van der Waals surface area contributed by atoms with E-state index in [1.807, 2.05) is 13.8 Å². The lowest BCUT2D eigenvalue weighted by Gasteiger charge is -2.35. The van der Waals surface area contributed by atoms with Gasteiger partial charge in [-0.3, -0.25) is 0 Å². The number of anilines is 1. The number of alkyl halides is 3. The standard InChI is InChI=1S/C12H15F3N2O2/c1-11(2)18-6-9(7-19-11)17-8-3-4-10(16-5-8)12(13,14)15/h3-5,9,17H,6-7H2,1-2H3. The Morgan fingerprint density at radius 3 is 2.37 bits per heavy atom. The Hall–Kier alpha value is -1.34. The van der Waals surface area contributed by atoms with Gasteiger partial charge >= 0.3 is 6.18 Å². The summed E-state index contributed by atoms with van der Waals surface area (Å²) in [5.74, 6) is -0.615. The lowest BCUT2D eigenvalue weighted by atomic mass is 10.2. The minimum atomic E-state index is -4.42. The molecule has 0 bridgehead atoms. The second-order valence-electron chi connectivity index (χ2n) is 4.79. The first-order chi connectivity index (χ1) is 8.76. The van der Waals surface area contributed by atoms with Crippen molar-refractivity contribution < 1.29 is 22.6 Å². The molecular weight excluding hydrogens is 261 g/mol. The van der Waals surface area contributed by atoms with Crippen LogP contribution in [0, 0.1) is 0 Å². The summed E-state index contributed by atoms with van der Waals surface area (Å²) >= 11 is 0. The van der Waals surface area contributed by atoms with E-state index in [1.165, 1.54) is 6.07 Å². The van der Waals surface area contributed by atoms with Gasteiger partial charge in [-0.05, 0) is 26.0 Å². The zero-order chi connectivity index (χ0) is 14.1. The maximum absolute atomic E-state index is 12.3. The van der Waals surface area contributed by atoms with Crippen LogP contribution in [0.4, 0.5) is 18.9 Å². The summed E-state index contributed by atoms with van der Waals surface area (Å²) in [6, 6.07) is 2.18. The maximum atomic E-state index is 12.3. The second-order valence-corrected chi connectivity index (χ2v) is 4.79. The molecule has 7 heteroatoms. The van der Waals surface area contributed by atoms with Crippen molar-refractivity contribution in [2.45, 2.75) is 31.9 Å². The van der Waals surface area contributed by atoms with Gasteiger partial charge < -0.3 is 14.8 Å². The molecule has 2 heterocycles. The third kappa shape index (κ3) is 3.81. The minimum absolute atomic E-state index is 0.105. The number of rotatable bonds is 2. The number of aromatic nitrogens is 1. The summed E-state index contributed by atoms with van der Waals surface area (Å²) < 4.78 is 47.9. The molecular formula is C12H15F3N2O2. The Balaban J connectivity index is 1.94. The summed E-state index contributed by atoms with van der Waals surface area (Å²) in [7, 11) is 0. The van der Waals surface area contributed by atoms with Gasteiger partial charge in [-0.25, -0.2) is 4.98 Å². The average Bonchev–Trinajstić information content (AvgIpc) is 2.31. The highest BCUT2D eigenvalue weighted by Gasteiger charge is 2.32. The van der Waals surface area contributed by atoms with Crippen LogP contribution in [0.15, 0.2) is 18.3 Å². The van der Waals surface area contributed by atoms with Crippen molar-refractivity contribution in [3.05, 3.63) is 24.0 Å². The third-order valence-electron chi connectivity index (χ3n) is 2.69. The third-order valence-corrected chi connectivity index (χ3v) is 2.69. The number of nitrogens with zero attached hydrogens (tertiary/aromatic N) is 1. The highest BCUT2D eigenvalue weighted by atomic mass is 19.4. The van der Waals surface area contributed by atoms with Crippen molar-refractivity contribution in [2.75, 3.05) is 18.5 Å². The SMILES string of the molecule is CC1(C)OCC(Nc2ccc(C(F)(F)F)nc2)CO1. The first-order valence-electron chi connectivity index (χ1n) is 5.84. The van der Waals surface area contributed by atoms with Crippen molar-refractivity contribution in [1.82, 2.24) is 4.98 Å². The van der Waals surface area contributed by atoms with Gasteiger partial charge in [0.2, 0.25) is 0 Å². The number of nitrogens with one attached hydrogen (secondary N) is 1. The zero-order valence-electron chi connectivity index (χ0n) is 10.6. The minimum Gasteiger partial charge on any atom is -0.376 e. The monoisotopic (exact) mass is 276 g/mol. The van der Waals surface area contributed by atoms with Crippen LogP contribution >= 0.6 is 0 Å². The quantitative estimate of drug-likeness (QED) is 0.902. The van der Waals surface area contributed by atoms with Gasteiger partial charge in [-0.1, -0.05) is 0 Å². The number of pyridine rings is 1. The van der Waals surface area contributed by atoms with Gasteiger partial charge in [0.1, 0.15) is 5.69 Å². The predicted octanol–water partition coefficient (Wildman–Crippen LogP) is 2.66. The number of hydrogen-bond donors (Lipinski definition) is 1. The fraction of sp³-hybridized carbons (Fsp3) is 0.583. The lowest BCUT2D eigenvalue weighted by molar-refractivity contribution is -0.247. The maximum Gasteiger partial charge on any atom is 0.433 e. The smallest absolute Gasteiger partial charge is 0.376 e. The Morgan fingerprint density at radius 2 is 1.89 bits per heavy atom. The molecule has 0 amide bonds. The molecule has 1 fully saturated rings. The van der Waals surface area contributed by atoms with Gasteiger partial charge in [0.25, 0.3) is 0 Å². The lowest BCUT2D eigenvalue weighted by Crippen LogP contribution is -2.45. The molecule has 0 spiro atoms. The summed E-state index contributed by atoms with van der Waals surface area (Å²) in [6.45, 7) is 4.47. The molecule has 0 aromatic carbocycles. The summed E-state index contributed by atoms with van der Waals surface area (Å²) in [5.41, 5.74) is -0.403. The molecule has 19 heavy (non-hydrogen) atoms. The van der Waals surface area contributed by atoms with E-state index in [4.69, 9.17) is 9.47 Å². The van der Waals surface area contributed by atoms with Crippen LogP contribution in [0.2, 0.25) is 0 Å². The van der Waals surface area contributed by atoms with Crippen LogP contribution in [-0.2, 0) is 15.7 Å². The molecule has 106 valence electrons. The highest BCUT2D eigenvalue weighted by molar-refractivity contribution is 5.42. The van der Waals surface area contributed by atoms with Crippen LogP contribution in [0.25, 0.3) is 0 Å². The van der Waals surface area contributed by atoms with Gasteiger partial charge in [-0.2, -0.15) is 13.2 Å². The van der Waals surface area contributed by atoms with E-state index in [9.17, 15) is 13.2 Å². The Bertz CT molecular complexity index is 422. The first kappa shape index (κ1) is 14.1. The molecule has 1 saturated heterocycles. The zero-order valence-corrected chi connectivity index (χ0v) is 10.6. The second kappa shape index (κ2) is 4.97. The molecule has 0 unspecified atom stereocenters. The van der Waals surface area contributed by atoms with Crippen LogP contribution in [-0.4, -0.2) is 30.0 Å². The van der Waals surface area contributed by atoms with E-state index >= 15 is 0 Å². The summed E-state index contributed by atoms with van der Waals surface area (Å²) in [6.07, 6.45) is -3.26. The van der Waals surface area contributed by atoms with E-state index in [2.05, 4.69) is 10.3 Å². The molecule has 0 saturated carbocycles. The highest BCUT2D eigenvalue weighted by Crippen LogP contribution is 2.28. The van der Waals surface area contributed by atoms with E-state index in [0.717, 1.165) is 12.3 Å². The fourth-order valence-corrected chi connectivity index (χ4v) is 1.66. The molecule has 1 aliphatic heterocycles. The topological polar surface area (TPSA) is 43.4 Å². The molecule has 2 rings (SSSR count). The van der Waals surface area contributed by atoms with Crippen molar-refractivity contribution >= 4 is 5.69 Å². The molecule has 0 radical (unpaired) electrons. The number of halogens is 3. The van der Waals surface area contributed by atoms with Crippen molar-refractivity contribution in [1.29, 1.82) is 0 Å². The van der Waals surface area contributed by atoms with Crippen LogP contribution in [0.3, 0.4) is 0 Å². The van der Waals surface area contributed by atoms with Gasteiger partial charge in [0.15, 0.2) is 5.79 Å². The molecule has 0 aliphatic carbocycles. The molecule has 1 aromatic heterocycles. The Morgan fingerprint density at radius 1 is 1.26 bits per heavy atom. The van der Waals surface area contributed by atoms with Crippen LogP contribution in [0.5, 0.6) is 0 Å². The van der Waals surface area contributed by atoms with Gasteiger partial charge in [-0.15, -0.1) is 0 Å². The average molecular weight is 276 g/mol. The molecule has 1 aliphatic rings. The normalized spacial score (nSPS) is 20.3. The molecule has 4 nitrogen and oxygen atoms in total. The van der Waals surface area contributed by atoms with Gasteiger partial charge in [0.05, 0.1) is 31.1 Å². The molecule has 0 atom stereocenters. The summed E-state index contributed by atoms with van der Waals surface area (Å²) in [5, 5.41) is 3.02. The largest absolute Gasteiger partial charge is 0.433 e. The van der Waals surface area contributed by atoms with E-state index in [1.54, 1.807) is 0 Å². The fourth-order valence-electron chi connectivity index (χ4n) is 1.66. The van der Waals surface area contributed by atoms with Gasteiger partial charge in [0, 0.05) is 0 Å². The summed E-state index contributed by atoms with van der Waals surface area (Å²) in [4.78, 5) is 3.37.